The summed E-state index contributed by atoms with van der Waals surface area (Å²) in [7, 11) is 5.18. The molecule has 6 heteroatoms. The Morgan fingerprint density at radius 2 is 1.71 bits per heavy atom. The third kappa shape index (κ3) is 3.93. The lowest BCUT2D eigenvalue weighted by Crippen LogP contribution is -2.38. The molecule has 1 aliphatic heterocycles. The van der Waals surface area contributed by atoms with Crippen molar-refractivity contribution in [3.8, 4) is 11.1 Å². The molecule has 6 nitrogen and oxygen atoms in total. The monoisotopic (exact) mass is 382 g/mol. The topological polar surface area (TPSA) is 70.1 Å². The third-order valence-electron chi connectivity index (χ3n) is 5.30. The van der Waals surface area contributed by atoms with E-state index in [1.807, 2.05) is 44.1 Å². The first-order valence-corrected chi connectivity index (χ1v) is 9.25. The van der Waals surface area contributed by atoms with E-state index < -0.39 is 6.10 Å². The average Bonchev–Trinajstić information content (AvgIpc) is 3.09. The Hall–Kier alpha value is -2.70. The van der Waals surface area contributed by atoms with Crippen molar-refractivity contribution in [2.75, 3.05) is 34.3 Å². The Bertz CT molecular complexity index is 877. The van der Waals surface area contributed by atoms with Gasteiger partial charge in [-0.25, -0.2) is 4.79 Å². The van der Waals surface area contributed by atoms with Crippen LogP contribution in [0.5, 0.6) is 0 Å². The summed E-state index contributed by atoms with van der Waals surface area (Å²) in [6.07, 6.45) is -0.533. The van der Waals surface area contributed by atoms with E-state index in [9.17, 15) is 14.7 Å². The van der Waals surface area contributed by atoms with Crippen molar-refractivity contribution in [3.05, 3.63) is 59.2 Å². The lowest BCUT2D eigenvalue weighted by atomic mass is 9.97. The minimum atomic E-state index is -0.533. The summed E-state index contributed by atoms with van der Waals surface area (Å²) in [5.74, 6) is -0.438. The molecule has 1 N–H and O–H groups in total. The van der Waals surface area contributed by atoms with Crippen LogP contribution in [0, 0.1) is 6.92 Å². The molecule has 2 aromatic rings. The third-order valence-corrected chi connectivity index (χ3v) is 5.30. The first-order valence-electron chi connectivity index (χ1n) is 9.25. The summed E-state index contributed by atoms with van der Waals surface area (Å²) >= 11 is 0. The molecule has 148 valence electrons. The number of amides is 1. The number of aliphatic hydroxyl groups excluding tert-OH is 1. The van der Waals surface area contributed by atoms with Gasteiger partial charge in [0.15, 0.2) is 0 Å². The fourth-order valence-electron chi connectivity index (χ4n) is 3.65. The first kappa shape index (κ1) is 20.0. The van der Waals surface area contributed by atoms with Gasteiger partial charge in [0.1, 0.15) is 0 Å². The lowest BCUT2D eigenvalue weighted by Gasteiger charge is -2.21. The van der Waals surface area contributed by atoms with Crippen molar-refractivity contribution in [3.63, 3.8) is 0 Å². The first-order chi connectivity index (χ1) is 13.3. The predicted molar refractivity (Wildman–Crippen MR) is 107 cm³/mol. The van der Waals surface area contributed by atoms with Crippen LogP contribution >= 0.6 is 0 Å². The molecule has 1 saturated heterocycles. The second-order valence-electron chi connectivity index (χ2n) is 7.41. The zero-order valence-corrected chi connectivity index (χ0v) is 16.7. The number of likely N-dealkylation sites (N-methyl/N-ethyl adjacent to an activating group) is 1. The second-order valence-corrected chi connectivity index (χ2v) is 7.41. The minimum absolute atomic E-state index is 0.0424. The fraction of sp³-hybridized carbons (Fsp3) is 0.364. The molecular weight excluding hydrogens is 356 g/mol. The minimum Gasteiger partial charge on any atom is -0.465 e. The molecule has 0 radical (unpaired) electrons. The van der Waals surface area contributed by atoms with Crippen molar-refractivity contribution < 1.29 is 19.4 Å². The van der Waals surface area contributed by atoms with E-state index in [1.165, 1.54) is 7.11 Å². The second kappa shape index (κ2) is 8.12. The number of carbonyl (C=O) groups is 2. The summed E-state index contributed by atoms with van der Waals surface area (Å²) < 4.78 is 4.76. The number of hydrogen-bond donors (Lipinski definition) is 1. The Morgan fingerprint density at radius 3 is 2.25 bits per heavy atom. The van der Waals surface area contributed by atoms with Crippen LogP contribution in [0.2, 0.25) is 0 Å². The normalized spacial score (nSPS) is 19.1. The van der Waals surface area contributed by atoms with Crippen molar-refractivity contribution in [1.82, 2.24) is 9.80 Å². The number of hydrogen-bond acceptors (Lipinski definition) is 5. The van der Waals surface area contributed by atoms with Gasteiger partial charge in [-0.1, -0.05) is 18.2 Å². The molecule has 28 heavy (non-hydrogen) atoms. The van der Waals surface area contributed by atoms with Crippen LogP contribution in [0.3, 0.4) is 0 Å². The maximum atomic E-state index is 12.8. The van der Waals surface area contributed by atoms with E-state index in [2.05, 4.69) is 0 Å². The standard InChI is InChI=1S/C22H26N2O4/c1-14-11-17(22(27)28-4)9-10-18(14)15-5-7-16(8-6-15)21(26)24-12-19(23(2)3)20(25)13-24/h5-11,19-20,25H,12-13H2,1-4H3/t19-,20-/m0/s1. The average molecular weight is 382 g/mol. The van der Waals surface area contributed by atoms with Crippen molar-refractivity contribution in [2.45, 2.75) is 19.1 Å². The highest BCUT2D eigenvalue weighted by Gasteiger charge is 2.35. The van der Waals surface area contributed by atoms with Gasteiger partial charge in [0.2, 0.25) is 0 Å². The Morgan fingerprint density at radius 1 is 1.07 bits per heavy atom. The van der Waals surface area contributed by atoms with Gasteiger partial charge in [0, 0.05) is 18.7 Å². The number of aliphatic hydroxyl groups is 1. The molecule has 0 aromatic heterocycles. The molecule has 1 amide bonds. The number of carbonyl (C=O) groups excluding carboxylic acids is 2. The van der Waals surface area contributed by atoms with Gasteiger partial charge >= 0.3 is 5.97 Å². The number of rotatable bonds is 4. The maximum Gasteiger partial charge on any atom is 0.337 e. The van der Waals surface area contributed by atoms with Gasteiger partial charge in [-0.2, -0.15) is 0 Å². The van der Waals surface area contributed by atoms with E-state index in [-0.39, 0.29) is 17.9 Å². The van der Waals surface area contributed by atoms with Crippen LogP contribution in [0.4, 0.5) is 0 Å². The van der Waals surface area contributed by atoms with E-state index in [0.717, 1.165) is 16.7 Å². The highest BCUT2D eigenvalue weighted by molar-refractivity contribution is 5.95. The Labute approximate surface area is 165 Å². The van der Waals surface area contributed by atoms with Gasteiger partial charge in [0.05, 0.1) is 24.8 Å². The molecule has 2 atom stereocenters. The molecule has 3 rings (SSSR count). The maximum absolute atomic E-state index is 12.8. The SMILES string of the molecule is COC(=O)c1ccc(-c2ccc(C(=O)N3C[C@H](O)[C@@H](N(C)C)C3)cc2)c(C)c1. The van der Waals surface area contributed by atoms with Gasteiger partial charge in [-0.05, 0) is 62.0 Å². The highest BCUT2D eigenvalue weighted by Crippen LogP contribution is 2.26. The van der Waals surface area contributed by atoms with Crippen LogP contribution in [0.25, 0.3) is 11.1 Å². The summed E-state index contributed by atoms with van der Waals surface area (Å²) in [6.45, 7) is 2.80. The summed E-state index contributed by atoms with van der Waals surface area (Å²) in [5.41, 5.74) is 4.03. The molecule has 0 spiro atoms. The van der Waals surface area contributed by atoms with Crippen molar-refractivity contribution >= 4 is 11.9 Å². The van der Waals surface area contributed by atoms with Crippen molar-refractivity contribution in [1.29, 1.82) is 0 Å². The zero-order valence-electron chi connectivity index (χ0n) is 16.7. The molecule has 2 aromatic carbocycles. The molecule has 0 unspecified atom stereocenters. The highest BCUT2D eigenvalue weighted by atomic mass is 16.5. The molecule has 1 heterocycles. The number of ether oxygens (including phenoxy) is 1. The number of nitrogens with zero attached hydrogens (tertiary/aromatic N) is 2. The van der Waals surface area contributed by atoms with Crippen molar-refractivity contribution in [2.24, 2.45) is 0 Å². The molecular formula is C22H26N2O4. The Balaban J connectivity index is 1.77. The number of aryl methyl sites for hydroxylation is 1. The number of methoxy groups -OCH3 is 1. The summed E-state index contributed by atoms with van der Waals surface area (Å²) in [6, 6.07) is 12.8. The van der Waals surface area contributed by atoms with Crippen LogP contribution in [-0.4, -0.2) is 73.2 Å². The van der Waals surface area contributed by atoms with Crippen LogP contribution in [-0.2, 0) is 4.74 Å². The number of likely N-dealkylation sites (tertiary alicyclic amines) is 1. The molecule has 0 aliphatic carbocycles. The van der Waals surface area contributed by atoms with Gasteiger partial charge in [-0.3, -0.25) is 4.79 Å². The molecule has 0 bridgehead atoms. The van der Waals surface area contributed by atoms with Crippen LogP contribution in [0.1, 0.15) is 26.3 Å². The lowest BCUT2D eigenvalue weighted by molar-refractivity contribution is 0.0600. The Kier molecular flexibility index (Phi) is 5.82. The molecule has 1 aliphatic rings. The van der Waals surface area contributed by atoms with E-state index in [1.54, 1.807) is 29.2 Å². The quantitative estimate of drug-likeness (QED) is 0.821. The summed E-state index contributed by atoms with van der Waals surface area (Å²) in [4.78, 5) is 28.1. The van der Waals surface area contributed by atoms with Crippen LogP contribution in [0.15, 0.2) is 42.5 Å². The largest absolute Gasteiger partial charge is 0.465 e. The van der Waals surface area contributed by atoms with Gasteiger partial charge < -0.3 is 19.6 Å². The molecule has 1 fully saturated rings. The van der Waals surface area contributed by atoms with E-state index in [4.69, 9.17) is 4.74 Å². The predicted octanol–water partition coefficient (Wildman–Crippen LogP) is 2.20. The van der Waals surface area contributed by atoms with E-state index in [0.29, 0.717) is 24.2 Å². The summed E-state index contributed by atoms with van der Waals surface area (Å²) in [5, 5.41) is 10.2. The molecule has 0 saturated carbocycles. The smallest absolute Gasteiger partial charge is 0.337 e. The van der Waals surface area contributed by atoms with Crippen LogP contribution < -0.4 is 0 Å². The van der Waals surface area contributed by atoms with Gasteiger partial charge in [-0.15, -0.1) is 0 Å². The van der Waals surface area contributed by atoms with E-state index >= 15 is 0 Å². The number of β-amino-alcohol motifs (C(OH)–C–C–N with tert-alkyl or cyclic N) is 1. The number of esters is 1. The zero-order chi connectivity index (χ0) is 20.4. The fourth-order valence-corrected chi connectivity index (χ4v) is 3.65. The number of benzene rings is 2. The van der Waals surface area contributed by atoms with Gasteiger partial charge in [0.25, 0.3) is 5.91 Å².